The maximum Gasteiger partial charge on any atom is 0.325 e. The molecule has 1 aromatic heterocycles. The third kappa shape index (κ3) is 3.76. The van der Waals surface area contributed by atoms with E-state index in [9.17, 15) is 4.79 Å². The topological polar surface area (TPSA) is 81.7 Å². The Hall–Kier alpha value is -2.71. The second-order valence-electron chi connectivity index (χ2n) is 5.12. The Balaban J connectivity index is 1.77. The Bertz CT molecular complexity index is 961. The number of amides is 2. The smallest absolute Gasteiger partial charge is 0.325 e. The lowest BCUT2D eigenvalue weighted by Gasteiger charge is -2.13. The van der Waals surface area contributed by atoms with E-state index in [1.165, 1.54) is 25.6 Å². The number of urea groups is 1. The first-order chi connectivity index (χ1) is 12.5. The minimum Gasteiger partial charge on any atom is -0.497 e. The number of rotatable bonds is 5. The number of thiazole rings is 1. The van der Waals surface area contributed by atoms with Crippen molar-refractivity contribution in [3.63, 3.8) is 0 Å². The van der Waals surface area contributed by atoms with Crippen molar-refractivity contribution < 1.29 is 19.0 Å². The summed E-state index contributed by atoms with van der Waals surface area (Å²) in [5.41, 5.74) is 1.19. The van der Waals surface area contributed by atoms with Gasteiger partial charge in [-0.25, -0.2) is 9.78 Å². The molecule has 0 fully saturated rings. The van der Waals surface area contributed by atoms with Gasteiger partial charge >= 0.3 is 6.03 Å². The van der Waals surface area contributed by atoms with Crippen LogP contribution in [0.1, 0.15) is 0 Å². The average molecular weight is 394 g/mol. The van der Waals surface area contributed by atoms with Crippen LogP contribution < -0.4 is 24.8 Å². The molecule has 9 heteroatoms. The average Bonchev–Trinajstić information content (AvgIpc) is 3.02. The summed E-state index contributed by atoms with van der Waals surface area (Å²) in [4.78, 5) is 16.7. The summed E-state index contributed by atoms with van der Waals surface area (Å²) in [6.45, 7) is 0. The third-order valence-corrected chi connectivity index (χ3v) is 4.77. The number of anilines is 2. The summed E-state index contributed by atoms with van der Waals surface area (Å²) in [5.74, 6) is 1.61. The Morgan fingerprint density at radius 3 is 2.50 bits per heavy atom. The quantitative estimate of drug-likeness (QED) is 0.661. The molecule has 0 atom stereocenters. The highest BCUT2D eigenvalue weighted by atomic mass is 35.5. The molecule has 0 saturated heterocycles. The molecule has 2 aromatic carbocycles. The number of carbonyl (C=O) groups excluding carboxylic acids is 1. The Labute approximate surface area is 158 Å². The van der Waals surface area contributed by atoms with Crippen molar-refractivity contribution in [2.24, 2.45) is 0 Å². The van der Waals surface area contributed by atoms with Crippen molar-refractivity contribution in [2.45, 2.75) is 0 Å². The number of nitrogens with zero attached hydrogens (tertiary/aromatic N) is 1. The van der Waals surface area contributed by atoms with Crippen molar-refractivity contribution in [2.75, 3.05) is 32.0 Å². The lowest BCUT2D eigenvalue weighted by atomic mass is 10.2. The maximum atomic E-state index is 12.3. The lowest BCUT2D eigenvalue weighted by molar-refractivity contribution is 0.262. The van der Waals surface area contributed by atoms with Crippen LogP contribution in [0.3, 0.4) is 0 Å². The number of aromatic nitrogens is 1. The zero-order valence-corrected chi connectivity index (χ0v) is 15.8. The van der Waals surface area contributed by atoms with Gasteiger partial charge in [0.2, 0.25) is 0 Å². The van der Waals surface area contributed by atoms with Crippen LogP contribution in [0.15, 0.2) is 30.3 Å². The first-order valence-corrected chi connectivity index (χ1v) is 8.67. The number of fused-ring (bicyclic) bond motifs is 1. The molecule has 0 unspecified atom stereocenters. The molecule has 0 bridgehead atoms. The molecule has 0 aliphatic heterocycles. The normalized spacial score (nSPS) is 10.5. The van der Waals surface area contributed by atoms with Gasteiger partial charge in [-0.3, -0.25) is 5.32 Å². The number of halogens is 1. The van der Waals surface area contributed by atoms with Gasteiger partial charge in [-0.1, -0.05) is 22.9 Å². The van der Waals surface area contributed by atoms with E-state index >= 15 is 0 Å². The molecule has 0 saturated carbocycles. The summed E-state index contributed by atoms with van der Waals surface area (Å²) in [5, 5.41) is 6.22. The Morgan fingerprint density at radius 1 is 1.04 bits per heavy atom. The van der Waals surface area contributed by atoms with Gasteiger partial charge in [0.1, 0.15) is 17.2 Å². The summed E-state index contributed by atoms with van der Waals surface area (Å²) in [6.07, 6.45) is 0. The zero-order valence-electron chi connectivity index (χ0n) is 14.3. The summed E-state index contributed by atoms with van der Waals surface area (Å²) < 4.78 is 16.5. The van der Waals surface area contributed by atoms with Crippen LogP contribution in [0.4, 0.5) is 15.6 Å². The lowest BCUT2D eigenvalue weighted by Crippen LogP contribution is -2.19. The van der Waals surface area contributed by atoms with Crippen LogP contribution in [0.25, 0.3) is 10.2 Å². The van der Waals surface area contributed by atoms with Gasteiger partial charge in [0.15, 0.2) is 5.13 Å². The van der Waals surface area contributed by atoms with Crippen molar-refractivity contribution in [1.29, 1.82) is 0 Å². The summed E-state index contributed by atoms with van der Waals surface area (Å²) in [6, 6.07) is 8.21. The molecule has 2 amide bonds. The molecule has 1 heterocycles. The number of methoxy groups -OCH3 is 3. The van der Waals surface area contributed by atoms with E-state index in [-0.39, 0.29) is 0 Å². The van der Waals surface area contributed by atoms with Crippen molar-refractivity contribution in [3.8, 4) is 17.2 Å². The molecule has 0 spiro atoms. The van der Waals surface area contributed by atoms with E-state index < -0.39 is 6.03 Å². The molecular weight excluding hydrogens is 378 g/mol. The predicted molar refractivity (Wildman–Crippen MR) is 103 cm³/mol. The first kappa shape index (κ1) is 18.1. The van der Waals surface area contributed by atoms with Crippen LogP contribution in [0.2, 0.25) is 5.02 Å². The highest BCUT2D eigenvalue weighted by Crippen LogP contribution is 2.36. The molecule has 3 rings (SSSR count). The van der Waals surface area contributed by atoms with Gasteiger partial charge in [-0.15, -0.1) is 0 Å². The Morgan fingerprint density at radius 2 is 1.81 bits per heavy atom. The number of hydrogen-bond donors (Lipinski definition) is 2. The highest BCUT2D eigenvalue weighted by Gasteiger charge is 2.14. The first-order valence-electron chi connectivity index (χ1n) is 7.48. The van der Waals surface area contributed by atoms with Crippen molar-refractivity contribution in [3.05, 3.63) is 35.4 Å². The molecular formula is C17H16ClN3O4S. The number of benzene rings is 2. The molecule has 26 heavy (non-hydrogen) atoms. The summed E-state index contributed by atoms with van der Waals surface area (Å²) in [7, 11) is 4.59. The number of carbonyl (C=O) groups is 1. The molecule has 7 nitrogen and oxygen atoms in total. The van der Waals surface area contributed by atoms with Crippen LogP contribution in [-0.2, 0) is 0 Å². The van der Waals surface area contributed by atoms with E-state index in [0.29, 0.717) is 27.3 Å². The van der Waals surface area contributed by atoms with Gasteiger partial charge in [0.25, 0.3) is 0 Å². The number of ether oxygens (including phenoxy) is 3. The van der Waals surface area contributed by atoms with Crippen molar-refractivity contribution in [1.82, 2.24) is 4.98 Å². The molecule has 136 valence electrons. The predicted octanol–water partition coefficient (Wildman–Crippen LogP) is 4.62. The minimum absolute atomic E-state index is 0.357. The van der Waals surface area contributed by atoms with Crippen LogP contribution in [0.5, 0.6) is 17.2 Å². The fourth-order valence-electron chi connectivity index (χ4n) is 2.29. The van der Waals surface area contributed by atoms with Crippen LogP contribution in [-0.4, -0.2) is 32.3 Å². The van der Waals surface area contributed by atoms with Crippen molar-refractivity contribution >= 4 is 50.0 Å². The number of nitrogens with one attached hydrogen (secondary N) is 2. The molecule has 3 aromatic rings. The van der Waals surface area contributed by atoms with E-state index in [1.807, 2.05) is 18.2 Å². The van der Waals surface area contributed by atoms with E-state index in [1.54, 1.807) is 19.2 Å². The van der Waals surface area contributed by atoms with Gasteiger partial charge in [-0.05, 0) is 24.3 Å². The second-order valence-corrected chi connectivity index (χ2v) is 6.56. The maximum absolute atomic E-state index is 12.3. The van der Waals surface area contributed by atoms with Gasteiger partial charge < -0.3 is 19.5 Å². The van der Waals surface area contributed by atoms with E-state index in [0.717, 1.165) is 16.0 Å². The van der Waals surface area contributed by atoms with E-state index in [2.05, 4.69) is 15.6 Å². The van der Waals surface area contributed by atoms with Gasteiger partial charge in [0, 0.05) is 6.07 Å². The summed E-state index contributed by atoms with van der Waals surface area (Å²) >= 11 is 7.45. The second kappa shape index (κ2) is 7.67. The van der Waals surface area contributed by atoms with Gasteiger partial charge in [-0.2, -0.15) is 0 Å². The largest absolute Gasteiger partial charge is 0.497 e. The van der Waals surface area contributed by atoms with Crippen LogP contribution in [0, 0.1) is 0 Å². The highest BCUT2D eigenvalue weighted by molar-refractivity contribution is 7.22. The Kier molecular flexibility index (Phi) is 5.34. The van der Waals surface area contributed by atoms with E-state index in [4.69, 9.17) is 25.8 Å². The zero-order chi connectivity index (χ0) is 18.7. The third-order valence-electron chi connectivity index (χ3n) is 3.54. The fourth-order valence-corrected chi connectivity index (χ4v) is 3.42. The monoisotopic (exact) mass is 393 g/mol. The standard InChI is InChI=1S/C17H16ClN3O4S/c1-23-9-4-5-11-15(6-9)26-17(20-11)21-16(22)19-12-7-10(18)13(24-2)8-14(12)25-3/h4-8H,1-3H3,(H2,19,20,21,22). The number of hydrogen-bond acceptors (Lipinski definition) is 6. The fraction of sp³-hybridized carbons (Fsp3) is 0.176. The minimum atomic E-state index is -0.462. The van der Waals surface area contributed by atoms with Gasteiger partial charge in [0.05, 0.1) is 42.3 Å². The molecule has 0 aliphatic carbocycles. The molecule has 0 radical (unpaired) electrons. The molecule has 2 N–H and O–H groups in total. The molecule has 0 aliphatic rings. The SMILES string of the molecule is COc1ccc2nc(NC(=O)Nc3cc(Cl)c(OC)cc3OC)sc2c1. The van der Waals surface area contributed by atoms with Crippen LogP contribution >= 0.6 is 22.9 Å².